The van der Waals surface area contributed by atoms with Gasteiger partial charge in [0.15, 0.2) is 0 Å². The Morgan fingerprint density at radius 2 is 2.00 bits per heavy atom. The second kappa shape index (κ2) is 3.57. The molecule has 3 nitrogen and oxygen atoms in total. The van der Waals surface area contributed by atoms with Gasteiger partial charge >= 0.3 is 0 Å². The number of nitrogen functional groups attached to an aromatic ring is 1. The summed E-state index contributed by atoms with van der Waals surface area (Å²) < 4.78 is 2.21. The molecular formula is C12H17N3. The van der Waals surface area contributed by atoms with E-state index in [-0.39, 0.29) is 0 Å². The van der Waals surface area contributed by atoms with Crippen molar-refractivity contribution in [2.24, 2.45) is 5.92 Å². The lowest BCUT2D eigenvalue weighted by Crippen LogP contribution is -2.10. The van der Waals surface area contributed by atoms with E-state index >= 15 is 0 Å². The van der Waals surface area contributed by atoms with Gasteiger partial charge in [0.05, 0.1) is 17.4 Å². The maximum absolute atomic E-state index is 5.72. The van der Waals surface area contributed by atoms with Gasteiger partial charge in [-0.05, 0) is 31.0 Å². The van der Waals surface area contributed by atoms with Crippen LogP contribution in [0, 0.1) is 5.92 Å². The van der Waals surface area contributed by atoms with Gasteiger partial charge in [0.1, 0.15) is 0 Å². The Hall–Kier alpha value is -1.51. The van der Waals surface area contributed by atoms with E-state index in [9.17, 15) is 0 Å². The highest BCUT2D eigenvalue weighted by Gasteiger charge is 2.12. The van der Waals surface area contributed by atoms with Gasteiger partial charge in [-0.1, -0.05) is 13.8 Å². The molecule has 0 aliphatic heterocycles. The van der Waals surface area contributed by atoms with Gasteiger partial charge in [-0.3, -0.25) is 0 Å². The molecule has 0 fully saturated rings. The highest BCUT2D eigenvalue weighted by molar-refractivity contribution is 5.79. The first-order chi connectivity index (χ1) is 7.09. The largest absolute Gasteiger partial charge is 0.399 e. The van der Waals surface area contributed by atoms with Crippen molar-refractivity contribution in [3.05, 3.63) is 24.5 Å². The number of benzene rings is 1. The summed E-state index contributed by atoms with van der Waals surface area (Å²) in [6.07, 6.45) is 1.90. The van der Waals surface area contributed by atoms with Crippen LogP contribution in [0.5, 0.6) is 0 Å². The summed E-state index contributed by atoms with van der Waals surface area (Å²) in [5.74, 6) is 0.597. The number of hydrogen-bond donors (Lipinski definition) is 1. The van der Waals surface area contributed by atoms with Crippen LogP contribution < -0.4 is 5.73 Å². The molecule has 1 atom stereocenters. The first-order valence-electron chi connectivity index (χ1n) is 5.31. The quantitative estimate of drug-likeness (QED) is 0.763. The predicted octanol–water partition coefficient (Wildman–Crippen LogP) is 2.84. The van der Waals surface area contributed by atoms with Crippen molar-refractivity contribution in [3.8, 4) is 0 Å². The van der Waals surface area contributed by atoms with E-state index in [1.54, 1.807) is 0 Å². The van der Waals surface area contributed by atoms with E-state index in [0.717, 1.165) is 16.7 Å². The van der Waals surface area contributed by atoms with Crippen LogP contribution in [0.2, 0.25) is 0 Å². The third kappa shape index (κ3) is 1.69. The fourth-order valence-corrected chi connectivity index (χ4v) is 1.69. The van der Waals surface area contributed by atoms with Crippen LogP contribution in [0.1, 0.15) is 26.8 Å². The van der Waals surface area contributed by atoms with E-state index in [4.69, 9.17) is 5.73 Å². The van der Waals surface area contributed by atoms with E-state index in [1.165, 1.54) is 0 Å². The summed E-state index contributed by atoms with van der Waals surface area (Å²) in [6, 6.07) is 6.34. The Balaban J connectivity index is 2.54. The average Bonchev–Trinajstić information content (AvgIpc) is 2.59. The fourth-order valence-electron chi connectivity index (χ4n) is 1.69. The van der Waals surface area contributed by atoms with Crippen LogP contribution in [0.3, 0.4) is 0 Å². The summed E-state index contributed by atoms with van der Waals surface area (Å²) in [5.41, 5.74) is 8.62. The molecule has 2 aromatic rings. The molecule has 1 heterocycles. The Morgan fingerprint density at radius 1 is 1.27 bits per heavy atom. The van der Waals surface area contributed by atoms with Crippen LogP contribution in [-0.4, -0.2) is 9.55 Å². The van der Waals surface area contributed by atoms with Gasteiger partial charge in [0, 0.05) is 11.7 Å². The minimum atomic E-state index is 0.457. The van der Waals surface area contributed by atoms with Gasteiger partial charge in [0.2, 0.25) is 0 Å². The third-order valence-corrected chi connectivity index (χ3v) is 3.00. The van der Waals surface area contributed by atoms with E-state index in [2.05, 4.69) is 30.3 Å². The topological polar surface area (TPSA) is 43.8 Å². The molecule has 0 aliphatic carbocycles. The van der Waals surface area contributed by atoms with Gasteiger partial charge < -0.3 is 10.3 Å². The number of nitrogens with zero attached hydrogens (tertiary/aromatic N) is 2. The molecule has 0 amide bonds. The second-order valence-corrected chi connectivity index (χ2v) is 4.38. The smallest absolute Gasteiger partial charge is 0.0960 e. The number of hydrogen-bond acceptors (Lipinski definition) is 2. The highest BCUT2D eigenvalue weighted by Crippen LogP contribution is 2.23. The zero-order valence-corrected chi connectivity index (χ0v) is 9.44. The van der Waals surface area contributed by atoms with Crippen LogP contribution in [0.4, 0.5) is 5.69 Å². The first-order valence-corrected chi connectivity index (χ1v) is 5.31. The van der Waals surface area contributed by atoms with Crippen LogP contribution in [0.25, 0.3) is 11.0 Å². The van der Waals surface area contributed by atoms with Crippen molar-refractivity contribution >= 4 is 16.7 Å². The lowest BCUT2D eigenvalue weighted by atomic mass is 10.1. The summed E-state index contributed by atoms with van der Waals surface area (Å²) in [5, 5.41) is 0. The first kappa shape index (κ1) is 10.0. The van der Waals surface area contributed by atoms with Crippen molar-refractivity contribution in [1.29, 1.82) is 0 Å². The highest BCUT2D eigenvalue weighted by atomic mass is 15.1. The molecule has 1 aromatic carbocycles. The standard InChI is InChI=1S/C12H17N3/c1-8(2)9(3)15-7-14-11-6-10(13)4-5-12(11)15/h4-9H,13H2,1-3H3. The minimum absolute atomic E-state index is 0.457. The number of anilines is 1. The molecule has 0 spiro atoms. The predicted molar refractivity (Wildman–Crippen MR) is 63.7 cm³/mol. The lowest BCUT2D eigenvalue weighted by Gasteiger charge is -2.18. The summed E-state index contributed by atoms with van der Waals surface area (Å²) in [7, 11) is 0. The maximum Gasteiger partial charge on any atom is 0.0960 e. The van der Waals surface area contributed by atoms with Crippen molar-refractivity contribution in [1.82, 2.24) is 9.55 Å². The van der Waals surface area contributed by atoms with Crippen molar-refractivity contribution in [2.75, 3.05) is 5.73 Å². The molecular weight excluding hydrogens is 186 g/mol. The van der Waals surface area contributed by atoms with E-state index in [0.29, 0.717) is 12.0 Å². The number of aromatic nitrogens is 2. The number of fused-ring (bicyclic) bond motifs is 1. The molecule has 1 aromatic heterocycles. The van der Waals surface area contributed by atoms with Gasteiger partial charge in [-0.15, -0.1) is 0 Å². The van der Waals surface area contributed by atoms with Crippen molar-refractivity contribution in [2.45, 2.75) is 26.8 Å². The molecule has 0 aliphatic rings. The Morgan fingerprint density at radius 3 is 2.67 bits per heavy atom. The molecule has 0 saturated carbocycles. The molecule has 0 saturated heterocycles. The second-order valence-electron chi connectivity index (χ2n) is 4.38. The molecule has 2 rings (SSSR count). The minimum Gasteiger partial charge on any atom is -0.399 e. The Kier molecular flexibility index (Phi) is 2.39. The van der Waals surface area contributed by atoms with Gasteiger partial charge in [-0.25, -0.2) is 4.98 Å². The Bertz CT molecular complexity index is 471. The summed E-state index contributed by atoms with van der Waals surface area (Å²) in [4.78, 5) is 4.37. The average molecular weight is 203 g/mol. The lowest BCUT2D eigenvalue weighted by molar-refractivity contribution is 0.416. The zero-order chi connectivity index (χ0) is 11.0. The third-order valence-electron chi connectivity index (χ3n) is 3.00. The van der Waals surface area contributed by atoms with Crippen LogP contribution >= 0.6 is 0 Å². The molecule has 1 unspecified atom stereocenters. The van der Waals surface area contributed by atoms with Crippen molar-refractivity contribution < 1.29 is 0 Å². The number of rotatable bonds is 2. The molecule has 3 heteroatoms. The van der Waals surface area contributed by atoms with Gasteiger partial charge in [0.25, 0.3) is 0 Å². The summed E-state index contributed by atoms with van der Waals surface area (Å²) in [6.45, 7) is 6.64. The summed E-state index contributed by atoms with van der Waals surface area (Å²) >= 11 is 0. The normalized spacial score (nSPS) is 13.6. The number of imidazole rings is 1. The molecule has 15 heavy (non-hydrogen) atoms. The van der Waals surface area contributed by atoms with Crippen LogP contribution in [-0.2, 0) is 0 Å². The van der Waals surface area contributed by atoms with Crippen molar-refractivity contribution in [3.63, 3.8) is 0 Å². The van der Waals surface area contributed by atoms with E-state index in [1.807, 2.05) is 24.5 Å². The fraction of sp³-hybridized carbons (Fsp3) is 0.417. The molecule has 0 radical (unpaired) electrons. The van der Waals surface area contributed by atoms with Gasteiger partial charge in [-0.2, -0.15) is 0 Å². The Labute approximate surface area is 89.9 Å². The maximum atomic E-state index is 5.72. The van der Waals surface area contributed by atoms with E-state index < -0.39 is 0 Å². The SMILES string of the molecule is CC(C)C(C)n1cnc2cc(N)ccc21. The molecule has 2 N–H and O–H groups in total. The van der Waals surface area contributed by atoms with Crippen LogP contribution in [0.15, 0.2) is 24.5 Å². The molecule has 80 valence electrons. The zero-order valence-electron chi connectivity index (χ0n) is 9.44. The number of nitrogens with two attached hydrogens (primary N) is 1. The monoisotopic (exact) mass is 203 g/mol. The molecule has 0 bridgehead atoms.